The van der Waals surface area contributed by atoms with Crippen LogP contribution in [-0.4, -0.2) is 6.54 Å². The molecule has 0 heterocycles. The molecule has 0 saturated carbocycles. The molecule has 0 spiro atoms. The van der Waals surface area contributed by atoms with Gasteiger partial charge in [-0.2, -0.15) is 0 Å². The lowest BCUT2D eigenvalue weighted by Crippen LogP contribution is -2.16. The van der Waals surface area contributed by atoms with Gasteiger partial charge in [0.2, 0.25) is 0 Å². The molecule has 2 aromatic carbocycles. The van der Waals surface area contributed by atoms with Gasteiger partial charge in [-0.15, -0.1) is 12.4 Å². The predicted octanol–water partition coefficient (Wildman–Crippen LogP) is 4.57. The van der Waals surface area contributed by atoms with Crippen LogP contribution in [0.4, 0.5) is 0 Å². The molecular weight excluding hydrogens is 278 g/mol. The molecule has 0 atom stereocenters. The highest BCUT2D eigenvalue weighted by Crippen LogP contribution is 2.14. The molecule has 0 aliphatic carbocycles. The summed E-state index contributed by atoms with van der Waals surface area (Å²) in [5.41, 5.74) is 5.80. The molecule has 0 radical (unpaired) electrons. The van der Waals surface area contributed by atoms with Crippen LogP contribution in [0, 0.1) is 0 Å². The van der Waals surface area contributed by atoms with Crippen LogP contribution in [0.3, 0.4) is 0 Å². The Morgan fingerprint density at radius 2 is 1.52 bits per heavy atom. The minimum atomic E-state index is 0. The van der Waals surface area contributed by atoms with Crippen LogP contribution in [0.15, 0.2) is 48.5 Å². The lowest BCUT2D eigenvalue weighted by atomic mass is 9.99. The molecule has 0 aliphatic rings. The van der Waals surface area contributed by atoms with Gasteiger partial charge in [-0.3, -0.25) is 0 Å². The van der Waals surface area contributed by atoms with E-state index in [1.807, 2.05) is 0 Å². The van der Waals surface area contributed by atoms with Crippen molar-refractivity contribution in [1.29, 1.82) is 0 Å². The molecule has 0 saturated heterocycles. The highest BCUT2D eigenvalue weighted by atomic mass is 35.5. The maximum absolute atomic E-state index is 3.52. The Morgan fingerprint density at radius 3 is 2.19 bits per heavy atom. The molecule has 114 valence electrons. The lowest BCUT2D eigenvalue weighted by molar-refractivity contribution is 0.686. The van der Waals surface area contributed by atoms with Crippen LogP contribution >= 0.6 is 12.4 Å². The molecule has 2 rings (SSSR count). The zero-order valence-electron chi connectivity index (χ0n) is 13.1. The van der Waals surface area contributed by atoms with Gasteiger partial charge in [-0.25, -0.2) is 0 Å². The van der Waals surface area contributed by atoms with Crippen LogP contribution in [0.1, 0.15) is 36.1 Å². The summed E-state index contributed by atoms with van der Waals surface area (Å²) in [5.74, 6) is 0. The second kappa shape index (κ2) is 9.59. The monoisotopic (exact) mass is 303 g/mol. The van der Waals surface area contributed by atoms with Gasteiger partial charge in [-0.1, -0.05) is 62.4 Å². The first-order chi connectivity index (χ1) is 9.83. The number of hydrogen-bond acceptors (Lipinski definition) is 1. The number of rotatable bonds is 7. The predicted molar refractivity (Wildman–Crippen MR) is 94.3 cm³/mol. The quantitative estimate of drug-likeness (QED) is 0.739. The maximum Gasteiger partial charge on any atom is 0.0205 e. The molecule has 0 unspecified atom stereocenters. The Morgan fingerprint density at radius 1 is 0.810 bits per heavy atom. The summed E-state index contributed by atoms with van der Waals surface area (Å²) in [5, 5.41) is 3.52. The molecule has 0 amide bonds. The molecule has 21 heavy (non-hydrogen) atoms. The molecule has 0 aromatic heterocycles. The third-order valence-corrected chi connectivity index (χ3v) is 3.79. The first-order valence-electron chi connectivity index (χ1n) is 7.68. The zero-order chi connectivity index (χ0) is 14.2. The SMILES string of the molecule is CCc1ccc(CCNCc2ccccc2)cc1CC.Cl. The maximum atomic E-state index is 3.52. The second-order valence-corrected chi connectivity index (χ2v) is 5.22. The van der Waals surface area contributed by atoms with Gasteiger partial charge in [0, 0.05) is 6.54 Å². The zero-order valence-corrected chi connectivity index (χ0v) is 13.9. The van der Waals surface area contributed by atoms with Crippen molar-refractivity contribution in [2.24, 2.45) is 0 Å². The van der Waals surface area contributed by atoms with E-state index in [-0.39, 0.29) is 12.4 Å². The second-order valence-electron chi connectivity index (χ2n) is 5.22. The van der Waals surface area contributed by atoms with Crippen molar-refractivity contribution in [3.63, 3.8) is 0 Å². The van der Waals surface area contributed by atoms with E-state index in [0.717, 1.165) is 32.4 Å². The third-order valence-electron chi connectivity index (χ3n) is 3.79. The summed E-state index contributed by atoms with van der Waals surface area (Å²) in [4.78, 5) is 0. The fraction of sp³-hybridized carbons (Fsp3) is 0.368. The Kier molecular flexibility index (Phi) is 8.11. The van der Waals surface area contributed by atoms with Gasteiger partial charge in [0.05, 0.1) is 0 Å². The van der Waals surface area contributed by atoms with Crippen molar-refractivity contribution in [2.75, 3.05) is 6.54 Å². The van der Waals surface area contributed by atoms with Gasteiger partial charge < -0.3 is 5.32 Å². The van der Waals surface area contributed by atoms with Crippen molar-refractivity contribution in [3.05, 3.63) is 70.8 Å². The Bertz CT molecular complexity index is 522. The Labute approximate surface area is 135 Å². The van der Waals surface area contributed by atoms with Crippen LogP contribution in [-0.2, 0) is 25.8 Å². The molecular formula is C19H26ClN. The Balaban J connectivity index is 0.00000220. The fourth-order valence-electron chi connectivity index (χ4n) is 2.57. The molecule has 0 bridgehead atoms. The van der Waals surface area contributed by atoms with Gasteiger partial charge in [0.1, 0.15) is 0 Å². The van der Waals surface area contributed by atoms with Crippen LogP contribution < -0.4 is 5.32 Å². The molecule has 0 fully saturated rings. The third kappa shape index (κ3) is 5.53. The van der Waals surface area contributed by atoms with Gasteiger partial charge in [0.15, 0.2) is 0 Å². The fourth-order valence-corrected chi connectivity index (χ4v) is 2.57. The van der Waals surface area contributed by atoms with Crippen LogP contribution in [0.2, 0.25) is 0 Å². The van der Waals surface area contributed by atoms with E-state index in [4.69, 9.17) is 0 Å². The normalized spacial score (nSPS) is 10.2. The van der Waals surface area contributed by atoms with Gasteiger partial charge in [0.25, 0.3) is 0 Å². The van der Waals surface area contributed by atoms with Crippen LogP contribution in [0.25, 0.3) is 0 Å². The minimum Gasteiger partial charge on any atom is -0.312 e. The molecule has 1 nitrogen and oxygen atoms in total. The summed E-state index contributed by atoms with van der Waals surface area (Å²) in [7, 11) is 0. The first kappa shape index (κ1) is 17.7. The number of aryl methyl sites for hydroxylation is 2. The number of benzene rings is 2. The van der Waals surface area contributed by atoms with Gasteiger partial charge >= 0.3 is 0 Å². The van der Waals surface area contributed by atoms with E-state index in [1.54, 1.807) is 0 Å². The van der Waals surface area contributed by atoms with E-state index >= 15 is 0 Å². The van der Waals surface area contributed by atoms with Crippen molar-refractivity contribution in [1.82, 2.24) is 5.32 Å². The Hall–Kier alpha value is -1.31. The summed E-state index contributed by atoms with van der Waals surface area (Å²) in [6.07, 6.45) is 3.37. The van der Waals surface area contributed by atoms with E-state index in [2.05, 4.69) is 67.7 Å². The highest BCUT2D eigenvalue weighted by Gasteiger charge is 2.01. The van der Waals surface area contributed by atoms with Crippen LogP contribution in [0.5, 0.6) is 0 Å². The summed E-state index contributed by atoms with van der Waals surface area (Å²) >= 11 is 0. The molecule has 1 N–H and O–H groups in total. The average molecular weight is 304 g/mol. The van der Waals surface area contributed by atoms with Crippen molar-refractivity contribution >= 4 is 12.4 Å². The van der Waals surface area contributed by atoms with E-state index < -0.39 is 0 Å². The minimum absolute atomic E-state index is 0. The summed E-state index contributed by atoms with van der Waals surface area (Å²) in [6, 6.07) is 17.5. The average Bonchev–Trinajstić information content (AvgIpc) is 2.52. The van der Waals surface area contributed by atoms with E-state index in [1.165, 1.54) is 22.3 Å². The van der Waals surface area contributed by atoms with Crippen molar-refractivity contribution in [2.45, 2.75) is 39.7 Å². The molecule has 2 aromatic rings. The lowest BCUT2D eigenvalue weighted by Gasteiger charge is -2.10. The smallest absolute Gasteiger partial charge is 0.0205 e. The highest BCUT2D eigenvalue weighted by molar-refractivity contribution is 5.85. The number of hydrogen-bond donors (Lipinski definition) is 1. The molecule has 2 heteroatoms. The van der Waals surface area contributed by atoms with Crippen molar-refractivity contribution in [3.8, 4) is 0 Å². The van der Waals surface area contributed by atoms with Gasteiger partial charge in [-0.05, 0) is 48.1 Å². The topological polar surface area (TPSA) is 12.0 Å². The summed E-state index contributed by atoms with van der Waals surface area (Å²) in [6.45, 7) is 6.46. The van der Waals surface area contributed by atoms with E-state index in [9.17, 15) is 0 Å². The molecule has 0 aliphatic heterocycles. The number of halogens is 1. The largest absolute Gasteiger partial charge is 0.312 e. The number of nitrogens with one attached hydrogen (secondary N) is 1. The van der Waals surface area contributed by atoms with E-state index in [0.29, 0.717) is 0 Å². The van der Waals surface area contributed by atoms with Crippen molar-refractivity contribution < 1.29 is 0 Å². The summed E-state index contributed by atoms with van der Waals surface area (Å²) < 4.78 is 0. The standard InChI is InChI=1S/C19H25N.ClH/c1-3-18-11-10-16(14-19(18)4-2)12-13-20-15-17-8-6-5-7-9-17;/h5-11,14,20H,3-4,12-13,15H2,1-2H3;1H. The first-order valence-corrected chi connectivity index (χ1v) is 7.68.